The van der Waals surface area contributed by atoms with Gasteiger partial charge in [0.15, 0.2) is 9.84 Å². The largest absolute Gasteiger partial charge is 0.344 e. The minimum atomic E-state index is -3.63. The summed E-state index contributed by atoms with van der Waals surface area (Å²) in [4.78, 5) is 48.7. The number of fused-ring (bicyclic) bond motifs is 2. The maximum atomic E-state index is 13.7. The Kier molecular flexibility index (Phi) is 10.1. The number of sulfone groups is 1. The number of hydrogen-bond donors (Lipinski definition) is 1. The maximum absolute atomic E-state index is 13.7. The lowest BCUT2D eigenvalue weighted by atomic mass is 9.99. The first-order chi connectivity index (χ1) is 21.2. The number of aromatic nitrogens is 3. The quantitative estimate of drug-likeness (QED) is 0.448. The molecule has 5 rings (SSSR count). The third kappa shape index (κ3) is 7.71. The van der Waals surface area contributed by atoms with Gasteiger partial charge in [0.1, 0.15) is 17.7 Å². The molecule has 11 nitrogen and oxygen atoms in total. The summed E-state index contributed by atoms with van der Waals surface area (Å²) in [5, 5.41) is 7.80. The third-order valence-electron chi connectivity index (χ3n) is 8.28. The predicted molar refractivity (Wildman–Crippen MR) is 164 cm³/mol. The Morgan fingerprint density at radius 3 is 2.41 bits per heavy atom. The zero-order valence-electron chi connectivity index (χ0n) is 25.1. The Morgan fingerprint density at radius 1 is 0.932 bits per heavy atom. The van der Waals surface area contributed by atoms with Gasteiger partial charge in [-0.1, -0.05) is 48.5 Å². The van der Waals surface area contributed by atoms with Crippen molar-refractivity contribution >= 4 is 27.6 Å². The fourth-order valence-corrected chi connectivity index (χ4v) is 7.24. The van der Waals surface area contributed by atoms with E-state index in [0.717, 1.165) is 18.4 Å². The molecular weight excluding hydrogens is 580 g/mol. The molecule has 0 bridgehead atoms. The molecule has 0 aliphatic carbocycles. The van der Waals surface area contributed by atoms with Crippen LogP contribution in [0.3, 0.4) is 0 Å². The van der Waals surface area contributed by atoms with Gasteiger partial charge in [0, 0.05) is 32.5 Å². The number of hydrogen-bond acceptors (Lipinski definition) is 7. The standard InChI is InChI=1S/C32H40N6O5S/c1-24-33-31-27(23-25-11-4-2-5-12-25)34-32(41)28-15-8-9-19-37(28)30(40)16-10-18-36(20-21-38(31)35-24)29(39)17-22-44(42,43)26-13-6-3-7-14-26/h2-7,11-14,27-28H,8-10,15-23H2,1H3,(H,34,41)/t27-,28+/m1/s1. The van der Waals surface area contributed by atoms with Crippen molar-refractivity contribution in [3.8, 4) is 0 Å². The molecule has 3 amide bonds. The fourth-order valence-electron chi connectivity index (χ4n) is 5.99. The van der Waals surface area contributed by atoms with Crippen LogP contribution in [-0.2, 0) is 37.2 Å². The van der Waals surface area contributed by atoms with Crippen LogP contribution in [0.25, 0.3) is 0 Å². The van der Waals surface area contributed by atoms with Crippen molar-refractivity contribution in [2.75, 3.05) is 25.4 Å². The molecule has 0 saturated carbocycles. The highest BCUT2D eigenvalue weighted by Gasteiger charge is 2.34. The average Bonchev–Trinajstić information content (AvgIpc) is 3.41. The molecule has 0 spiro atoms. The van der Waals surface area contributed by atoms with Crippen LogP contribution in [-0.4, -0.2) is 82.1 Å². The van der Waals surface area contributed by atoms with Gasteiger partial charge in [-0.3, -0.25) is 14.4 Å². The minimum absolute atomic E-state index is 0.111. The van der Waals surface area contributed by atoms with Crippen LogP contribution in [0.1, 0.15) is 61.8 Å². The highest BCUT2D eigenvalue weighted by atomic mass is 32.2. The molecule has 1 fully saturated rings. The maximum Gasteiger partial charge on any atom is 0.243 e. The normalized spacial score (nSPS) is 20.3. The molecule has 3 heterocycles. The number of nitrogens with one attached hydrogen (secondary N) is 1. The number of amides is 3. The van der Waals surface area contributed by atoms with E-state index in [4.69, 9.17) is 4.98 Å². The topological polar surface area (TPSA) is 135 Å². The molecule has 44 heavy (non-hydrogen) atoms. The van der Waals surface area contributed by atoms with Crippen molar-refractivity contribution in [2.24, 2.45) is 0 Å². The van der Waals surface area contributed by atoms with Crippen LogP contribution >= 0.6 is 0 Å². The summed E-state index contributed by atoms with van der Waals surface area (Å²) in [6.45, 7) is 3.14. The Labute approximate surface area is 258 Å². The second-order valence-corrected chi connectivity index (χ2v) is 13.6. The van der Waals surface area contributed by atoms with Crippen LogP contribution in [0.15, 0.2) is 65.6 Å². The van der Waals surface area contributed by atoms with E-state index in [1.807, 2.05) is 30.3 Å². The monoisotopic (exact) mass is 620 g/mol. The van der Waals surface area contributed by atoms with Gasteiger partial charge in [-0.05, 0) is 56.7 Å². The summed E-state index contributed by atoms with van der Waals surface area (Å²) < 4.78 is 27.5. The number of rotatable bonds is 6. The summed E-state index contributed by atoms with van der Waals surface area (Å²) >= 11 is 0. The molecule has 2 aliphatic rings. The lowest BCUT2D eigenvalue weighted by Crippen LogP contribution is -2.53. The molecule has 2 atom stereocenters. The average molecular weight is 621 g/mol. The number of benzene rings is 2. The van der Waals surface area contributed by atoms with Crippen LogP contribution < -0.4 is 5.32 Å². The molecule has 0 unspecified atom stereocenters. The van der Waals surface area contributed by atoms with Gasteiger partial charge >= 0.3 is 0 Å². The summed E-state index contributed by atoms with van der Waals surface area (Å²) in [5.41, 5.74) is 1.01. The highest BCUT2D eigenvalue weighted by molar-refractivity contribution is 7.91. The van der Waals surface area contributed by atoms with Crippen LogP contribution in [0.5, 0.6) is 0 Å². The lowest BCUT2D eigenvalue weighted by molar-refractivity contribution is -0.143. The van der Waals surface area contributed by atoms with Gasteiger partial charge in [-0.15, -0.1) is 0 Å². The smallest absolute Gasteiger partial charge is 0.243 e. The Bertz CT molecular complexity index is 1560. The molecule has 2 aliphatic heterocycles. The van der Waals surface area contributed by atoms with Gasteiger partial charge in [-0.2, -0.15) is 5.10 Å². The number of aryl methyl sites for hydroxylation is 1. The molecule has 3 aromatic rings. The highest BCUT2D eigenvalue weighted by Crippen LogP contribution is 2.23. The van der Waals surface area contributed by atoms with E-state index in [1.165, 1.54) is 12.1 Å². The van der Waals surface area contributed by atoms with Crippen molar-refractivity contribution in [1.29, 1.82) is 0 Å². The number of nitrogens with zero attached hydrogens (tertiary/aromatic N) is 5. The van der Waals surface area contributed by atoms with E-state index >= 15 is 0 Å². The molecule has 1 N–H and O–H groups in total. The minimum Gasteiger partial charge on any atom is -0.344 e. The molecule has 2 aromatic carbocycles. The molecular formula is C32H40N6O5S. The predicted octanol–water partition coefficient (Wildman–Crippen LogP) is 2.85. The van der Waals surface area contributed by atoms with Crippen molar-refractivity contribution < 1.29 is 22.8 Å². The van der Waals surface area contributed by atoms with Gasteiger partial charge in [0.05, 0.1) is 23.2 Å². The lowest BCUT2D eigenvalue weighted by Gasteiger charge is -2.36. The number of carbonyl (C=O) groups is 3. The Hall–Kier alpha value is -4.06. The van der Waals surface area contributed by atoms with E-state index < -0.39 is 21.9 Å². The van der Waals surface area contributed by atoms with Crippen molar-refractivity contribution in [2.45, 2.75) is 75.4 Å². The van der Waals surface area contributed by atoms with E-state index in [9.17, 15) is 22.8 Å². The second kappa shape index (κ2) is 14.1. The van der Waals surface area contributed by atoms with Gasteiger partial charge in [0.25, 0.3) is 0 Å². The molecule has 0 radical (unpaired) electrons. The van der Waals surface area contributed by atoms with Crippen molar-refractivity contribution in [1.82, 2.24) is 29.9 Å². The zero-order chi connectivity index (χ0) is 31.1. The first-order valence-corrected chi connectivity index (χ1v) is 17.0. The van der Waals surface area contributed by atoms with Crippen LogP contribution in [0, 0.1) is 6.92 Å². The molecule has 12 heteroatoms. The Morgan fingerprint density at radius 2 is 1.66 bits per heavy atom. The van der Waals surface area contributed by atoms with Crippen LogP contribution in [0.4, 0.5) is 0 Å². The van der Waals surface area contributed by atoms with Crippen molar-refractivity contribution in [3.63, 3.8) is 0 Å². The number of carbonyl (C=O) groups excluding carboxylic acids is 3. The van der Waals surface area contributed by atoms with E-state index in [-0.39, 0.29) is 54.3 Å². The van der Waals surface area contributed by atoms with Gasteiger partial charge in [-0.25, -0.2) is 18.1 Å². The molecule has 1 saturated heterocycles. The van der Waals surface area contributed by atoms with E-state index in [0.29, 0.717) is 44.0 Å². The van der Waals surface area contributed by atoms with E-state index in [2.05, 4.69) is 10.4 Å². The summed E-state index contributed by atoms with van der Waals surface area (Å²) in [6, 6.07) is 16.8. The third-order valence-corrected chi connectivity index (χ3v) is 10.0. The number of piperidine rings is 1. The molecule has 234 valence electrons. The summed E-state index contributed by atoms with van der Waals surface area (Å²) in [7, 11) is -3.63. The van der Waals surface area contributed by atoms with Crippen LogP contribution in [0.2, 0.25) is 0 Å². The van der Waals surface area contributed by atoms with Gasteiger partial charge in [0.2, 0.25) is 17.7 Å². The Balaban J connectivity index is 1.41. The van der Waals surface area contributed by atoms with Crippen molar-refractivity contribution in [3.05, 3.63) is 77.9 Å². The summed E-state index contributed by atoms with van der Waals surface area (Å²) in [6.07, 6.45) is 3.17. The van der Waals surface area contributed by atoms with Gasteiger partial charge < -0.3 is 15.1 Å². The SMILES string of the molecule is Cc1nc2n(n1)CCN(C(=O)CCS(=O)(=O)c1ccccc1)CCCC(=O)N1CCCC[C@H]1C(=O)N[C@@H]2Cc1ccccc1. The first kappa shape index (κ1) is 31.4. The van der Waals surface area contributed by atoms with E-state index in [1.54, 1.807) is 39.6 Å². The second-order valence-electron chi connectivity index (χ2n) is 11.5. The molecule has 1 aromatic heterocycles. The fraction of sp³-hybridized carbons (Fsp3) is 0.469. The summed E-state index contributed by atoms with van der Waals surface area (Å²) in [5.74, 6) is 0.202. The zero-order valence-corrected chi connectivity index (χ0v) is 25.9. The first-order valence-electron chi connectivity index (χ1n) is 15.3.